The fourth-order valence-electron chi connectivity index (χ4n) is 1.64. The highest BCUT2D eigenvalue weighted by atomic mass is 16.6. The molecular weight excluding hydrogens is 244 g/mol. The first kappa shape index (κ1) is 15.3. The van der Waals surface area contributed by atoms with E-state index in [0.29, 0.717) is 6.42 Å². The lowest BCUT2D eigenvalue weighted by Crippen LogP contribution is -2.58. The summed E-state index contributed by atoms with van der Waals surface area (Å²) >= 11 is 0. The second-order valence-electron chi connectivity index (χ2n) is 4.32. The minimum Gasteiger partial charge on any atom is -0.463 e. The van der Waals surface area contributed by atoms with E-state index < -0.39 is 36.7 Å². The molecule has 1 aliphatic heterocycles. The van der Waals surface area contributed by atoms with Crippen LogP contribution in [0, 0.1) is 0 Å². The van der Waals surface area contributed by atoms with Gasteiger partial charge in [-0.15, -0.1) is 0 Å². The second kappa shape index (κ2) is 7.01. The van der Waals surface area contributed by atoms with Crippen LogP contribution in [0.4, 0.5) is 0 Å². The summed E-state index contributed by atoms with van der Waals surface area (Å²) in [6.45, 7) is 1.67. The third-order valence-electron chi connectivity index (χ3n) is 2.83. The van der Waals surface area contributed by atoms with Gasteiger partial charge in [0.2, 0.25) is 0 Å². The lowest BCUT2D eigenvalue weighted by Gasteiger charge is -2.37. The summed E-state index contributed by atoms with van der Waals surface area (Å²) in [4.78, 5) is 11.2. The minimum absolute atomic E-state index is 0.271. The van der Waals surface area contributed by atoms with Crippen LogP contribution < -0.4 is 0 Å². The van der Waals surface area contributed by atoms with E-state index in [4.69, 9.17) is 9.47 Å². The van der Waals surface area contributed by atoms with Crippen molar-refractivity contribution in [2.75, 3.05) is 6.61 Å². The van der Waals surface area contributed by atoms with Gasteiger partial charge in [-0.1, -0.05) is 13.3 Å². The van der Waals surface area contributed by atoms with Crippen LogP contribution in [0.25, 0.3) is 0 Å². The van der Waals surface area contributed by atoms with Crippen LogP contribution >= 0.6 is 0 Å². The summed E-state index contributed by atoms with van der Waals surface area (Å²) in [5.41, 5.74) is 0. The van der Waals surface area contributed by atoms with E-state index in [1.54, 1.807) is 0 Å². The molecule has 0 aromatic heterocycles. The van der Waals surface area contributed by atoms with Gasteiger partial charge in [-0.05, 0) is 6.42 Å². The zero-order valence-corrected chi connectivity index (χ0v) is 10.2. The molecular formula is C11H20O7. The summed E-state index contributed by atoms with van der Waals surface area (Å²) in [5, 5.41) is 37.5. The Bertz CT molecular complexity index is 270. The smallest absolute Gasteiger partial charge is 0.305 e. The number of hydrogen-bond donors (Lipinski definition) is 4. The van der Waals surface area contributed by atoms with E-state index in [1.165, 1.54) is 0 Å². The Labute approximate surface area is 105 Å². The molecule has 0 aromatic rings. The average Bonchev–Trinajstić information content (AvgIpc) is 2.36. The number of carbonyl (C=O) groups is 1. The van der Waals surface area contributed by atoms with Gasteiger partial charge in [0.15, 0.2) is 6.29 Å². The van der Waals surface area contributed by atoms with Crippen molar-refractivity contribution in [2.24, 2.45) is 0 Å². The molecule has 1 heterocycles. The summed E-state index contributed by atoms with van der Waals surface area (Å²) in [6.07, 6.45) is -5.35. The van der Waals surface area contributed by atoms with Gasteiger partial charge < -0.3 is 29.9 Å². The highest BCUT2D eigenvalue weighted by Gasteiger charge is 2.43. The Morgan fingerprint density at radius 2 is 1.83 bits per heavy atom. The summed E-state index contributed by atoms with van der Waals surface area (Å²) in [6, 6.07) is 0. The Hall–Kier alpha value is -0.730. The van der Waals surface area contributed by atoms with Gasteiger partial charge in [-0.3, -0.25) is 4.79 Å². The van der Waals surface area contributed by atoms with E-state index in [2.05, 4.69) is 0 Å². The van der Waals surface area contributed by atoms with Crippen molar-refractivity contribution < 1.29 is 34.7 Å². The van der Waals surface area contributed by atoms with Crippen LogP contribution in [-0.4, -0.2) is 63.7 Å². The molecule has 1 fully saturated rings. The predicted molar refractivity (Wildman–Crippen MR) is 59.4 cm³/mol. The molecule has 0 aromatic carbocycles. The number of aliphatic hydroxyl groups excluding tert-OH is 4. The fraction of sp³-hybridized carbons (Fsp3) is 0.909. The molecule has 1 saturated heterocycles. The van der Waals surface area contributed by atoms with Crippen LogP contribution in [0.15, 0.2) is 0 Å². The Balaban J connectivity index is 2.39. The van der Waals surface area contributed by atoms with Crippen molar-refractivity contribution >= 4 is 5.97 Å². The van der Waals surface area contributed by atoms with Crippen LogP contribution in [0.1, 0.15) is 26.2 Å². The van der Waals surface area contributed by atoms with Crippen LogP contribution in [0.2, 0.25) is 0 Å². The van der Waals surface area contributed by atoms with Gasteiger partial charge in [0, 0.05) is 6.42 Å². The topological polar surface area (TPSA) is 116 Å². The zero-order chi connectivity index (χ0) is 13.7. The molecule has 4 N–H and O–H groups in total. The standard InChI is InChI=1S/C11H20O7/c1-2-3-4-7(12)17-5-6-8(13)9(14)10(15)11(16)18-6/h6,8-11,13-16H,2-5H2,1H3/t6-,8-,9+,10-,11?/m1/s1. The molecule has 18 heavy (non-hydrogen) atoms. The van der Waals surface area contributed by atoms with Gasteiger partial charge in [0.1, 0.15) is 31.0 Å². The summed E-state index contributed by atoms with van der Waals surface area (Å²) in [7, 11) is 0. The molecule has 0 spiro atoms. The SMILES string of the molecule is CCCCC(=O)OC[C@H]1OC(O)[C@H](O)[C@@H](O)[C@@H]1O. The van der Waals surface area contributed by atoms with Crippen molar-refractivity contribution in [1.29, 1.82) is 0 Å². The number of hydrogen-bond acceptors (Lipinski definition) is 7. The van der Waals surface area contributed by atoms with E-state index in [1.807, 2.05) is 6.92 Å². The maximum Gasteiger partial charge on any atom is 0.305 e. The molecule has 0 aliphatic carbocycles. The molecule has 0 radical (unpaired) electrons. The average molecular weight is 264 g/mol. The normalized spacial score (nSPS) is 36.4. The number of aliphatic hydroxyl groups is 4. The molecule has 0 amide bonds. The molecule has 5 atom stereocenters. The van der Waals surface area contributed by atoms with Crippen LogP contribution in [0.5, 0.6) is 0 Å². The largest absolute Gasteiger partial charge is 0.463 e. The van der Waals surface area contributed by atoms with Crippen molar-refractivity contribution in [3.8, 4) is 0 Å². The van der Waals surface area contributed by atoms with Crippen LogP contribution in [0.3, 0.4) is 0 Å². The van der Waals surface area contributed by atoms with Gasteiger partial charge in [-0.25, -0.2) is 0 Å². The fourth-order valence-corrected chi connectivity index (χ4v) is 1.64. The zero-order valence-electron chi connectivity index (χ0n) is 10.2. The maximum absolute atomic E-state index is 11.2. The van der Waals surface area contributed by atoms with E-state index in [-0.39, 0.29) is 13.0 Å². The first-order chi connectivity index (χ1) is 8.47. The van der Waals surface area contributed by atoms with Crippen molar-refractivity contribution in [3.63, 3.8) is 0 Å². The molecule has 1 unspecified atom stereocenters. The Morgan fingerprint density at radius 1 is 1.17 bits per heavy atom. The summed E-state index contributed by atoms with van der Waals surface area (Å²) in [5.74, 6) is -0.428. The second-order valence-corrected chi connectivity index (χ2v) is 4.32. The highest BCUT2D eigenvalue weighted by molar-refractivity contribution is 5.69. The minimum atomic E-state index is -1.61. The molecule has 0 saturated carbocycles. The van der Waals surface area contributed by atoms with Gasteiger partial charge >= 0.3 is 5.97 Å². The van der Waals surface area contributed by atoms with Gasteiger partial charge in [-0.2, -0.15) is 0 Å². The van der Waals surface area contributed by atoms with Gasteiger partial charge in [0.25, 0.3) is 0 Å². The molecule has 0 bridgehead atoms. The number of ether oxygens (including phenoxy) is 2. The maximum atomic E-state index is 11.2. The molecule has 1 aliphatic rings. The highest BCUT2D eigenvalue weighted by Crippen LogP contribution is 2.20. The summed E-state index contributed by atoms with van der Waals surface area (Å²) < 4.78 is 9.71. The molecule has 106 valence electrons. The molecule has 7 nitrogen and oxygen atoms in total. The predicted octanol–water partition coefficient (Wildman–Crippen LogP) is -1.48. The van der Waals surface area contributed by atoms with E-state index in [9.17, 15) is 25.2 Å². The molecule has 7 heteroatoms. The quantitative estimate of drug-likeness (QED) is 0.447. The third kappa shape index (κ3) is 3.89. The number of esters is 1. The first-order valence-corrected chi connectivity index (χ1v) is 6.00. The molecule has 1 rings (SSSR count). The first-order valence-electron chi connectivity index (χ1n) is 6.00. The lowest BCUT2D eigenvalue weighted by molar-refractivity contribution is -0.287. The van der Waals surface area contributed by atoms with E-state index in [0.717, 1.165) is 6.42 Å². The van der Waals surface area contributed by atoms with Crippen molar-refractivity contribution in [3.05, 3.63) is 0 Å². The number of carbonyl (C=O) groups excluding carboxylic acids is 1. The van der Waals surface area contributed by atoms with E-state index >= 15 is 0 Å². The monoisotopic (exact) mass is 264 g/mol. The Morgan fingerprint density at radius 3 is 2.44 bits per heavy atom. The van der Waals surface area contributed by atoms with Crippen molar-refractivity contribution in [2.45, 2.75) is 56.9 Å². The van der Waals surface area contributed by atoms with Crippen LogP contribution in [-0.2, 0) is 14.3 Å². The number of rotatable bonds is 5. The van der Waals surface area contributed by atoms with Crippen molar-refractivity contribution in [1.82, 2.24) is 0 Å². The number of unbranched alkanes of at least 4 members (excludes halogenated alkanes) is 1. The van der Waals surface area contributed by atoms with Gasteiger partial charge in [0.05, 0.1) is 0 Å². The lowest BCUT2D eigenvalue weighted by atomic mass is 9.99. The third-order valence-corrected chi connectivity index (χ3v) is 2.83. The Kier molecular flexibility index (Phi) is 5.97.